The Balaban J connectivity index is 2.61. The van der Waals surface area contributed by atoms with Crippen molar-refractivity contribution in [2.45, 2.75) is 5.03 Å². The predicted octanol–water partition coefficient (Wildman–Crippen LogP) is 0.741. The molecule has 4 heteroatoms. The van der Waals surface area contributed by atoms with Gasteiger partial charge in [0.05, 0.1) is 6.20 Å². The maximum atomic E-state index is 3.84. The molecule has 1 heterocycles. The molecule has 0 aliphatic heterocycles. The van der Waals surface area contributed by atoms with Crippen molar-refractivity contribution in [1.82, 2.24) is 15.0 Å². The van der Waals surface area contributed by atoms with Crippen LogP contribution in [0.2, 0.25) is 0 Å². The maximum Gasteiger partial charge on any atom is 0.138 e. The van der Waals surface area contributed by atoms with Crippen molar-refractivity contribution in [2.24, 2.45) is 7.05 Å². The van der Waals surface area contributed by atoms with Crippen LogP contribution in [-0.4, -0.2) is 20.7 Å². The van der Waals surface area contributed by atoms with Crippen LogP contribution in [0.4, 0.5) is 0 Å². The van der Waals surface area contributed by atoms with Gasteiger partial charge in [0.1, 0.15) is 5.03 Å². The zero-order valence-electron chi connectivity index (χ0n) is 5.24. The van der Waals surface area contributed by atoms with Crippen molar-refractivity contribution >= 4 is 11.8 Å². The molecule has 9 heavy (non-hydrogen) atoms. The van der Waals surface area contributed by atoms with E-state index in [-0.39, 0.29) is 0 Å². The second-order valence-corrected chi connectivity index (χ2v) is 2.69. The van der Waals surface area contributed by atoms with Crippen molar-refractivity contribution in [3.63, 3.8) is 0 Å². The number of hydrogen-bond donors (Lipinski definition) is 0. The summed E-state index contributed by atoms with van der Waals surface area (Å²) in [6, 6.07) is 0. The largest absolute Gasteiger partial charge is 0.254 e. The van der Waals surface area contributed by atoms with Gasteiger partial charge in [-0.1, -0.05) is 5.21 Å². The predicted molar refractivity (Wildman–Crippen MR) is 37.1 cm³/mol. The van der Waals surface area contributed by atoms with Crippen LogP contribution in [0.25, 0.3) is 0 Å². The minimum atomic E-state index is 0.804. The second kappa shape index (κ2) is 2.87. The molecule has 1 aromatic rings. The van der Waals surface area contributed by atoms with Crippen LogP contribution in [0.5, 0.6) is 0 Å². The Labute approximate surface area is 58.4 Å². The van der Waals surface area contributed by atoms with Crippen LogP contribution < -0.4 is 0 Å². The lowest BCUT2D eigenvalue weighted by molar-refractivity contribution is 0.712. The highest BCUT2D eigenvalue weighted by atomic mass is 32.2. The minimum Gasteiger partial charge on any atom is -0.254 e. The number of hydrogen-bond acceptors (Lipinski definition) is 3. The Kier molecular flexibility index (Phi) is 2.10. The average molecular weight is 142 g/mol. The Morgan fingerprint density at radius 1 is 1.89 bits per heavy atom. The van der Waals surface area contributed by atoms with Gasteiger partial charge in [-0.25, -0.2) is 0 Å². The lowest BCUT2D eigenvalue weighted by atomic mass is 10.9. The van der Waals surface area contributed by atoms with E-state index in [0.717, 1.165) is 10.8 Å². The van der Waals surface area contributed by atoms with E-state index < -0.39 is 0 Å². The molecule has 0 saturated carbocycles. The Morgan fingerprint density at radius 3 is 3.11 bits per heavy atom. The molecule has 3 nitrogen and oxygen atoms in total. The second-order valence-electron chi connectivity index (χ2n) is 1.58. The van der Waals surface area contributed by atoms with Crippen molar-refractivity contribution in [1.29, 1.82) is 0 Å². The molecule has 0 aliphatic rings. The van der Waals surface area contributed by atoms with Crippen LogP contribution in [0.15, 0.2) is 11.2 Å². The molecule has 0 spiro atoms. The van der Waals surface area contributed by atoms with E-state index in [1.807, 2.05) is 13.2 Å². The first kappa shape index (κ1) is 6.61. The molecule has 0 amide bonds. The standard InChI is InChI=1S/C5H8N3S/c1-3-9-5-4-8(2)7-6-5/h4H,1,3H2,2H3. The van der Waals surface area contributed by atoms with Gasteiger partial charge in [-0.3, -0.25) is 4.68 Å². The summed E-state index contributed by atoms with van der Waals surface area (Å²) < 4.78 is 1.68. The van der Waals surface area contributed by atoms with Gasteiger partial charge < -0.3 is 0 Å². The topological polar surface area (TPSA) is 30.7 Å². The summed E-state index contributed by atoms with van der Waals surface area (Å²) in [4.78, 5) is 0. The van der Waals surface area contributed by atoms with Gasteiger partial charge in [0, 0.05) is 7.05 Å². The van der Waals surface area contributed by atoms with Gasteiger partial charge in [0.15, 0.2) is 0 Å². The minimum absolute atomic E-state index is 0.804. The van der Waals surface area contributed by atoms with E-state index in [1.54, 1.807) is 16.4 Å². The fourth-order valence-electron chi connectivity index (χ4n) is 0.497. The molecular formula is C5H8N3S. The molecule has 0 atom stereocenters. The fourth-order valence-corrected chi connectivity index (χ4v) is 1.03. The summed E-state index contributed by atoms with van der Waals surface area (Å²) in [6.07, 6.45) is 1.87. The molecular weight excluding hydrogens is 134 g/mol. The zero-order valence-corrected chi connectivity index (χ0v) is 6.06. The van der Waals surface area contributed by atoms with Crippen molar-refractivity contribution in [3.05, 3.63) is 13.1 Å². The van der Waals surface area contributed by atoms with E-state index in [1.165, 1.54) is 0 Å². The van der Waals surface area contributed by atoms with Gasteiger partial charge in [-0.15, -0.1) is 16.9 Å². The zero-order chi connectivity index (χ0) is 6.69. The Morgan fingerprint density at radius 2 is 2.67 bits per heavy atom. The van der Waals surface area contributed by atoms with Crippen LogP contribution in [0.3, 0.4) is 0 Å². The van der Waals surface area contributed by atoms with Crippen molar-refractivity contribution in [3.8, 4) is 0 Å². The normalized spacial score (nSPS) is 10.0. The summed E-state index contributed by atoms with van der Waals surface area (Å²) in [5, 5.41) is 8.53. The number of rotatable bonds is 2. The average Bonchev–Trinajstić information content (AvgIpc) is 2.17. The summed E-state index contributed by atoms with van der Waals surface area (Å²) in [6.45, 7) is 3.68. The molecule has 0 bridgehead atoms. The van der Waals surface area contributed by atoms with Crippen LogP contribution >= 0.6 is 11.8 Å². The number of nitrogens with zero attached hydrogens (tertiary/aromatic N) is 3. The van der Waals surface area contributed by atoms with Crippen molar-refractivity contribution in [2.75, 3.05) is 5.75 Å². The Hall–Kier alpha value is -0.510. The number of thioether (sulfide) groups is 1. The van der Waals surface area contributed by atoms with Crippen LogP contribution in [0, 0.1) is 6.92 Å². The maximum absolute atomic E-state index is 3.84. The highest BCUT2D eigenvalue weighted by Crippen LogP contribution is 2.11. The van der Waals surface area contributed by atoms with Gasteiger partial charge in [0.25, 0.3) is 0 Å². The summed E-state index contributed by atoms with van der Waals surface area (Å²) in [5.41, 5.74) is 0. The van der Waals surface area contributed by atoms with Crippen molar-refractivity contribution < 1.29 is 0 Å². The quantitative estimate of drug-likeness (QED) is 0.571. The summed E-state index contributed by atoms with van der Waals surface area (Å²) >= 11 is 1.59. The molecule has 1 aromatic heterocycles. The molecule has 0 aliphatic carbocycles. The summed E-state index contributed by atoms with van der Waals surface area (Å²) in [7, 11) is 1.85. The van der Waals surface area contributed by atoms with E-state index in [4.69, 9.17) is 0 Å². The summed E-state index contributed by atoms with van der Waals surface area (Å²) in [5.74, 6) is 0.804. The highest BCUT2D eigenvalue weighted by molar-refractivity contribution is 7.99. The first-order valence-corrected chi connectivity index (χ1v) is 3.60. The van der Waals surface area contributed by atoms with Gasteiger partial charge in [-0.05, 0) is 12.7 Å². The monoisotopic (exact) mass is 142 g/mol. The van der Waals surface area contributed by atoms with Gasteiger partial charge >= 0.3 is 0 Å². The molecule has 0 saturated heterocycles. The third-order valence-corrected chi connectivity index (χ3v) is 1.52. The third-order valence-electron chi connectivity index (χ3n) is 0.832. The Bertz CT molecular complexity index is 184. The smallest absolute Gasteiger partial charge is 0.138 e. The molecule has 0 unspecified atom stereocenters. The van der Waals surface area contributed by atoms with E-state index in [2.05, 4.69) is 17.2 Å². The molecule has 0 N–H and O–H groups in total. The van der Waals surface area contributed by atoms with Crippen LogP contribution in [-0.2, 0) is 7.05 Å². The van der Waals surface area contributed by atoms with Gasteiger partial charge in [0.2, 0.25) is 0 Å². The van der Waals surface area contributed by atoms with E-state index in [0.29, 0.717) is 0 Å². The first-order valence-electron chi connectivity index (χ1n) is 2.61. The molecule has 0 aromatic carbocycles. The fraction of sp³-hybridized carbons (Fsp3) is 0.400. The van der Waals surface area contributed by atoms with Gasteiger partial charge in [-0.2, -0.15) is 0 Å². The third kappa shape index (κ3) is 1.71. The highest BCUT2D eigenvalue weighted by Gasteiger charge is 1.93. The molecule has 0 fully saturated rings. The van der Waals surface area contributed by atoms with E-state index in [9.17, 15) is 0 Å². The molecule has 1 radical (unpaired) electrons. The number of aryl methyl sites for hydroxylation is 1. The van der Waals surface area contributed by atoms with Crippen LogP contribution in [0.1, 0.15) is 0 Å². The first-order chi connectivity index (χ1) is 4.33. The lowest BCUT2D eigenvalue weighted by Gasteiger charge is -1.83. The molecule has 49 valence electrons. The lowest BCUT2D eigenvalue weighted by Crippen LogP contribution is -1.85. The number of aromatic nitrogens is 3. The molecule has 1 rings (SSSR count). The van der Waals surface area contributed by atoms with E-state index >= 15 is 0 Å². The SMILES string of the molecule is [CH2]CSc1cn(C)nn1.